The van der Waals surface area contributed by atoms with Crippen molar-refractivity contribution in [3.05, 3.63) is 77.1 Å². The van der Waals surface area contributed by atoms with Crippen LogP contribution >= 0.6 is 21.6 Å². The quantitative estimate of drug-likeness (QED) is 0.149. The molecule has 2 aromatic carbocycles. The Kier molecular flexibility index (Phi) is 8.29. The third kappa shape index (κ3) is 6.15. The van der Waals surface area contributed by atoms with Crippen LogP contribution < -0.4 is 10.6 Å². The number of halogens is 4. The van der Waals surface area contributed by atoms with Crippen molar-refractivity contribution in [2.24, 2.45) is 5.73 Å². The monoisotopic (exact) mass is 577 g/mol. The van der Waals surface area contributed by atoms with E-state index in [1.807, 2.05) is 24.3 Å². The van der Waals surface area contributed by atoms with E-state index in [1.165, 1.54) is 33.8 Å². The van der Waals surface area contributed by atoms with Crippen LogP contribution in [0.5, 0.6) is 0 Å². The summed E-state index contributed by atoms with van der Waals surface area (Å²) >= 11 is 0. The third-order valence-electron chi connectivity index (χ3n) is 6.41. The van der Waals surface area contributed by atoms with E-state index in [-0.39, 0.29) is 35.6 Å². The molecule has 3 heterocycles. The van der Waals surface area contributed by atoms with E-state index in [4.69, 9.17) is 5.73 Å². The van der Waals surface area contributed by atoms with Crippen LogP contribution in [0.3, 0.4) is 0 Å². The Morgan fingerprint density at radius 3 is 2.38 bits per heavy atom. The van der Waals surface area contributed by atoms with Gasteiger partial charge in [0.05, 0.1) is 13.1 Å². The summed E-state index contributed by atoms with van der Waals surface area (Å²) < 4.78 is 60.9. The van der Waals surface area contributed by atoms with Crippen LogP contribution in [0.1, 0.15) is 28.9 Å². The zero-order valence-electron chi connectivity index (χ0n) is 20.9. The maximum atomic E-state index is 15.6. The fraction of sp³-hybridized carbons (Fsp3) is 0.385. The summed E-state index contributed by atoms with van der Waals surface area (Å²) in [6.07, 6.45) is 0.400. The number of hydrogen-bond acceptors (Lipinski definition) is 8. The molecule has 13 heteroatoms. The van der Waals surface area contributed by atoms with Crippen molar-refractivity contribution < 1.29 is 17.6 Å². The molecule has 2 aromatic heterocycles. The molecule has 1 aliphatic rings. The first kappa shape index (κ1) is 27.7. The van der Waals surface area contributed by atoms with Gasteiger partial charge in [-0.05, 0) is 17.5 Å². The molecule has 1 aliphatic heterocycles. The smallest absolute Gasteiger partial charge is 0.331 e. The third-order valence-corrected chi connectivity index (χ3v) is 8.85. The predicted octanol–water partition coefficient (Wildman–Crippen LogP) is 5.14. The molecule has 0 amide bonds. The summed E-state index contributed by atoms with van der Waals surface area (Å²) in [7, 11) is 3.46. The fourth-order valence-electron chi connectivity index (χ4n) is 4.44. The molecule has 206 valence electrons. The van der Waals surface area contributed by atoms with Crippen molar-refractivity contribution in [3.63, 3.8) is 0 Å². The molecular formula is C26H27F4N7S2. The lowest BCUT2D eigenvalue weighted by molar-refractivity contribution is 0.0256. The highest BCUT2D eigenvalue weighted by Crippen LogP contribution is 2.38. The number of aromatic nitrogens is 5. The Hall–Kier alpha value is -2.90. The second-order valence-corrected chi connectivity index (χ2v) is 11.9. The van der Waals surface area contributed by atoms with E-state index in [1.54, 1.807) is 27.7 Å². The van der Waals surface area contributed by atoms with Gasteiger partial charge in [-0.15, -0.1) is 5.10 Å². The number of hydrogen-bond donors (Lipinski definition) is 1. The van der Waals surface area contributed by atoms with Gasteiger partial charge in [0.15, 0.2) is 17.0 Å². The van der Waals surface area contributed by atoms with Gasteiger partial charge in [0, 0.05) is 36.6 Å². The molecule has 0 radical (unpaired) electrons. The number of alkyl halides is 4. The highest BCUT2D eigenvalue weighted by molar-refractivity contribution is 8.76. The lowest BCUT2D eigenvalue weighted by Gasteiger charge is -2.21. The van der Waals surface area contributed by atoms with Crippen LogP contribution in [-0.4, -0.2) is 62.0 Å². The number of rotatable bonds is 11. The molecular weight excluding hydrogens is 550 g/mol. The molecule has 4 aromatic rings. The molecule has 0 spiro atoms. The van der Waals surface area contributed by atoms with Crippen LogP contribution in [-0.2, 0) is 18.9 Å². The SMILES string of the molecule is NCCSSCCc1ccccc1Cn1nnc2c(N3CCC(F)(F)C3)nc(C(F)(F)c3ccccc3)nc21. The highest BCUT2D eigenvalue weighted by atomic mass is 33.1. The van der Waals surface area contributed by atoms with Gasteiger partial charge < -0.3 is 10.6 Å². The van der Waals surface area contributed by atoms with E-state index >= 15 is 8.78 Å². The van der Waals surface area contributed by atoms with Gasteiger partial charge in [-0.2, -0.15) is 8.78 Å². The first-order valence-electron chi connectivity index (χ1n) is 12.5. The highest BCUT2D eigenvalue weighted by Gasteiger charge is 2.43. The average Bonchev–Trinajstić information content (AvgIpc) is 3.51. The predicted molar refractivity (Wildman–Crippen MR) is 148 cm³/mol. The first-order valence-corrected chi connectivity index (χ1v) is 15.0. The molecule has 1 fully saturated rings. The van der Waals surface area contributed by atoms with E-state index < -0.39 is 30.6 Å². The number of anilines is 1. The Morgan fingerprint density at radius 2 is 1.67 bits per heavy atom. The number of benzene rings is 2. The number of nitrogens with zero attached hydrogens (tertiary/aromatic N) is 6. The first-order chi connectivity index (χ1) is 18.8. The molecule has 0 unspecified atom stereocenters. The van der Waals surface area contributed by atoms with Crippen molar-refractivity contribution in [3.8, 4) is 0 Å². The standard InChI is InChI=1S/C26H27F4N7S2/c27-25(28)11-13-36(17-25)22-21-23(33-24(32-22)26(29,30)20-8-2-1-3-9-20)37(35-34-21)16-19-7-5-4-6-18(19)10-14-38-39-15-12-31/h1-9H,10-17,31H2. The largest absolute Gasteiger partial charge is 0.348 e. The minimum Gasteiger partial charge on any atom is -0.348 e. The van der Waals surface area contributed by atoms with Gasteiger partial charge in [0.1, 0.15) is 0 Å². The van der Waals surface area contributed by atoms with Gasteiger partial charge in [-0.25, -0.2) is 23.4 Å². The van der Waals surface area contributed by atoms with Crippen LogP contribution in [0.4, 0.5) is 23.4 Å². The topological polar surface area (TPSA) is 85.8 Å². The fourth-order valence-corrected chi connectivity index (χ4v) is 6.32. The van der Waals surface area contributed by atoms with E-state index in [0.717, 1.165) is 29.1 Å². The molecule has 0 atom stereocenters. The zero-order chi connectivity index (χ0) is 27.5. The Morgan fingerprint density at radius 1 is 0.949 bits per heavy atom. The summed E-state index contributed by atoms with van der Waals surface area (Å²) in [5, 5.41) is 8.36. The van der Waals surface area contributed by atoms with Gasteiger partial charge in [0.25, 0.3) is 5.92 Å². The molecule has 0 bridgehead atoms. The summed E-state index contributed by atoms with van der Waals surface area (Å²) in [5.74, 6) is -5.60. The second kappa shape index (κ2) is 11.7. The van der Waals surface area contributed by atoms with Gasteiger partial charge in [0.2, 0.25) is 5.82 Å². The average molecular weight is 578 g/mol. The van der Waals surface area contributed by atoms with Crippen molar-refractivity contribution in [1.29, 1.82) is 0 Å². The summed E-state index contributed by atoms with van der Waals surface area (Å²) in [5.41, 5.74) is 7.48. The molecule has 0 aliphatic carbocycles. The van der Waals surface area contributed by atoms with Gasteiger partial charge in [-0.3, -0.25) is 0 Å². The van der Waals surface area contributed by atoms with E-state index in [2.05, 4.69) is 20.3 Å². The van der Waals surface area contributed by atoms with Crippen molar-refractivity contribution >= 4 is 38.6 Å². The van der Waals surface area contributed by atoms with E-state index in [9.17, 15) is 8.78 Å². The maximum absolute atomic E-state index is 15.6. The minimum atomic E-state index is -3.56. The Labute approximate surface area is 231 Å². The van der Waals surface area contributed by atoms with Crippen LogP contribution in [0.25, 0.3) is 11.2 Å². The zero-order valence-corrected chi connectivity index (χ0v) is 22.6. The van der Waals surface area contributed by atoms with Crippen LogP contribution in [0.2, 0.25) is 0 Å². The van der Waals surface area contributed by atoms with Crippen molar-refractivity contribution in [2.75, 3.05) is 36.0 Å². The molecule has 5 rings (SSSR count). The molecule has 39 heavy (non-hydrogen) atoms. The lowest BCUT2D eigenvalue weighted by atomic mass is 10.1. The van der Waals surface area contributed by atoms with Crippen LogP contribution in [0.15, 0.2) is 54.6 Å². The Balaban J connectivity index is 1.53. The normalized spacial score (nSPS) is 15.4. The lowest BCUT2D eigenvalue weighted by Crippen LogP contribution is -2.28. The van der Waals surface area contributed by atoms with E-state index in [0.29, 0.717) is 6.54 Å². The summed E-state index contributed by atoms with van der Waals surface area (Å²) in [4.78, 5) is 9.61. The summed E-state index contributed by atoms with van der Waals surface area (Å²) in [6, 6.07) is 15.0. The molecule has 7 nitrogen and oxygen atoms in total. The maximum Gasteiger partial charge on any atom is 0.331 e. The van der Waals surface area contributed by atoms with Crippen molar-refractivity contribution in [1.82, 2.24) is 25.0 Å². The molecule has 0 saturated carbocycles. The van der Waals surface area contributed by atoms with Crippen molar-refractivity contribution in [2.45, 2.75) is 31.2 Å². The van der Waals surface area contributed by atoms with Crippen LogP contribution in [0, 0.1) is 0 Å². The summed E-state index contributed by atoms with van der Waals surface area (Å²) in [6.45, 7) is 0.185. The second-order valence-electron chi connectivity index (χ2n) is 9.21. The number of fused-ring (bicyclic) bond motifs is 1. The molecule has 2 N–H and O–H groups in total. The molecule has 1 saturated heterocycles. The Bertz CT molecular complexity index is 1420. The van der Waals surface area contributed by atoms with Gasteiger partial charge in [-0.1, -0.05) is 81.4 Å². The number of aryl methyl sites for hydroxylation is 1. The minimum absolute atomic E-state index is 0.0367. The number of nitrogens with two attached hydrogens (primary N) is 1. The van der Waals surface area contributed by atoms with Gasteiger partial charge >= 0.3 is 5.92 Å².